The number of aromatic nitrogens is 1. The van der Waals surface area contributed by atoms with Crippen LogP contribution in [0.15, 0.2) is 17.3 Å². The molecule has 0 atom stereocenters. The Hall–Kier alpha value is -2.42. The Morgan fingerprint density at radius 3 is 2.60 bits per heavy atom. The lowest BCUT2D eigenvalue weighted by molar-refractivity contribution is -0.385. The van der Waals surface area contributed by atoms with Gasteiger partial charge >= 0.3 is 0 Å². The molecule has 0 aromatic carbocycles. The van der Waals surface area contributed by atoms with E-state index in [2.05, 4.69) is 10.1 Å². The average molecular weight is 282 g/mol. The highest BCUT2D eigenvalue weighted by Gasteiger charge is 2.20. The Kier molecular flexibility index (Phi) is 5.21. The number of likely N-dealkylation sites (N-methyl/N-ethyl adjacent to an activating group) is 2. The number of hydrogen-bond acceptors (Lipinski definition) is 7. The van der Waals surface area contributed by atoms with Crippen molar-refractivity contribution in [1.82, 2.24) is 9.88 Å². The van der Waals surface area contributed by atoms with Crippen molar-refractivity contribution in [2.75, 3.05) is 39.1 Å². The van der Waals surface area contributed by atoms with Crippen LogP contribution in [0.2, 0.25) is 0 Å². The van der Waals surface area contributed by atoms with Crippen molar-refractivity contribution in [1.29, 1.82) is 0 Å². The lowest BCUT2D eigenvalue weighted by Gasteiger charge is -2.20. The molecule has 110 valence electrons. The smallest absolute Gasteiger partial charge is 0.298 e. The second-order valence-electron chi connectivity index (χ2n) is 4.50. The molecule has 0 unspecified atom stereocenters. The Morgan fingerprint density at radius 2 is 2.10 bits per heavy atom. The third-order valence-corrected chi connectivity index (χ3v) is 2.68. The summed E-state index contributed by atoms with van der Waals surface area (Å²) in [5.74, 6) is 0.124. The molecule has 0 spiro atoms. The Morgan fingerprint density at radius 1 is 1.45 bits per heavy atom. The number of hydrogen-bond donors (Lipinski definition) is 2. The minimum Gasteiger partial charge on any atom is -0.409 e. The van der Waals surface area contributed by atoms with Crippen LogP contribution in [0.4, 0.5) is 11.5 Å². The predicted molar refractivity (Wildman–Crippen MR) is 75.2 cm³/mol. The predicted octanol–water partition coefficient (Wildman–Crippen LogP) is 0.0821. The van der Waals surface area contributed by atoms with E-state index in [-0.39, 0.29) is 17.2 Å². The molecule has 1 aromatic heterocycles. The van der Waals surface area contributed by atoms with E-state index in [9.17, 15) is 10.1 Å². The SMILES string of the molecule is CN(C)CCN(C)c1ccc([N+](=O)[O-])c(/C(N)=N/O)n1. The van der Waals surface area contributed by atoms with Crippen LogP contribution in [0, 0.1) is 10.1 Å². The van der Waals surface area contributed by atoms with E-state index < -0.39 is 4.92 Å². The number of pyridine rings is 1. The molecule has 0 aliphatic carbocycles. The van der Waals surface area contributed by atoms with Gasteiger partial charge in [-0.2, -0.15) is 0 Å². The van der Waals surface area contributed by atoms with Crippen molar-refractivity contribution in [3.8, 4) is 0 Å². The normalized spacial score (nSPS) is 11.7. The molecule has 1 aromatic rings. The van der Waals surface area contributed by atoms with E-state index in [1.165, 1.54) is 12.1 Å². The van der Waals surface area contributed by atoms with E-state index in [0.717, 1.165) is 6.54 Å². The summed E-state index contributed by atoms with van der Waals surface area (Å²) in [5, 5.41) is 22.3. The van der Waals surface area contributed by atoms with Gasteiger partial charge in [-0.15, -0.1) is 0 Å². The summed E-state index contributed by atoms with van der Waals surface area (Å²) < 4.78 is 0. The fourth-order valence-corrected chi connectivity index (χ4v) is 1.50. The van der Waals surface area contributed by atoms with Crippen molar-refractivity contribution in [2.24, 2.45) is 10.9 Å². The molecule has 1 rings (SSSR count). The molecule has 1 heterocycles. The largest absolute Gasteiger partial charge is 0.409 e. The topological polar surface area (TPSA) is 121 Å². The van der Waals surface area contributed by atoms with Gasteiger partial charge in [0.1, 0.15) is 5.82 Å². The molecule has 20 heavy (non-hydrogen) atoms. The zero-order valence-corrected chi connectivity index (χ0v) is 11.6. The van der Waals surface area contributed by atoms with Gasteiger partial charge in [-0.1, -0.05) is 5.16 Å². The van der Waals surface area contributed by atoms with Crippen LogP contribution in [-0.2, 0) is 0 Å². The number of anilines is 1. The van der Waals surface area contributed by atoms with Crippen LogP contribution >= 0.6 is 0 Å². The van der Waals surface area contributed by atoms with E-state index in [0.29, 0.717) is 12.4 Å². The van der Waals surface area contributed by atoms with Gasteiger partial charge in [0.15, 0.2) is 11.5 Å². The van der Waals surface area contributed by atoms with Gasteiger partial charge in [0.05, 0.1) is 4.92 Å². The van der Waals surface area contributed by atoms with Crippen LogP contribution in [0.3, 0.4) is 0 Å². The number of nitrogens with two attached hydrogens (primary N) is 1. The van der Waals surface area contributed by atoms with Gasteiger partial charge in [0.25, 0.3) is 5.69 Å². The first-order chi connectivity index (χ1) is 9.36. The van der Waals surface area contributed by atoms with E-state index in [1.54, 1.807) is 0 Å². The summed E-state index contributed by atoms with van der Waals surface area (Å²) in [7, 11) is 5.70. The molecule has 0 amide bonds. The fourth-order valence-electron chi connectivity index (χ4n) is 1.50. The minimum atomic E-state index is -0.621. The quantitative estimate of drug-likeness (QED) is 0.249. The minimum absolute atomic E-state index is 0.147. The lowest BCUT2D eigenvalue weighted by Crippen LogP contribution is -2.29. The third kappa shape index (κ3) is 3.79. The number of nitro groups is 1. The molecule has 0 saturated carbocycles. The van der Waals surface area contributed by atoms with Crippen LogP contribution in [0.1, 0.15) is 5.69 Å². The summed E-state index contributed by atoms with van der Waals surface area (Å²) in [4.78, 5) is 18.2. The second-order valence-corrected chi connectivity index (χ2v) is 4.50. The first-order valence-electron chi connectivity index (χ1n) is 5.86. The van der Waals surface area contributed by atoms with Crippen molar-refractivity contribution < 1.29 is 10.1 Å². The maximum Gasteiger partial charge on any atom is 0.298 e. The maximum atomic E-state index is 10.9. The van der Waals surface area contributed by atoms with Gasteiger partial charge < -0.3 is 20.7 Å². The zero-order valence-electron chi connectivity index (χ0n) is 11.6. The molecule has 9 heteroatoms. The average Bonchev–Trinajstić information content (AvgIpc) is 2.42. The summed E-state index contributed by atoms with van der Waals surface area (Å²) in [6.07, 6.45) is 0. The van der Waals surface area contributed by atoms with Gasteiger partial charge in [-0.3, -0.25) is 10.1 Å². The molecule has 0 aliphatic rings. The van der Waals surface area contributed by atoms with E-state index in [1.807, 2.05) is 30.9 Å². The van der Waals surface area contributed by atoms with E-state index >= 15 is 0 Å². The molecule has 0 radical (unpaired) electrons. The third-order valence-electron chi connectivity index (χ3n) is 2.68. The zero-order chi connectivity index (χ0) is 15.3. The molecule has 0 saturated heterocycles. The van der Waals surface area contributed by atoms with Gasteiger partial charge in [0, 0.05) is 26.2 Å². The monoisotopic (exact) mass is 282 g/mol. The molecule has 0 fully saturated rings. The highest BCUT2D eigenvalue weighted by molar-refractivity contribution is 5.99. The van der Waals surface area contributed by atoms with E-state index in [4.69, 9.17) is 10.9 Å². The number of rotatable bonds is 6. The van der Waals surface area contributed by atoms with Crippen LogP contribution < -0.4 is 10.6 Å². The first-order valence-corrected chi connectivity index (χ1v) is 5.86. The highest BCUT2D eigenvalue weighted by Crippen LogP contribution is 2.20. The Balaban J connectivity index is 3.09. The highest BCUT2D eigenvalue weighted by atomic mass is 16.6. The lowest BCUT2D eigenvalue weighted by atomic mass is 10.2. The first kappa shape index (κ1) is 15.6. The maximum absolute atomic E-state index is 10.9. The fraction of sp³-hybridized carbons (Fsp3) is 0.455. The van der Waals surface area contributed by atoms with Crippen molar-refractivity contribution in [3.05, 3.63) is 27.9 Å². The number of oxime groups is 1. The summed E-state index contributed by atoms with van der Waals surface area (Å²) in [6.45, 7) is 1.49. The van der Waals surface area contributed by atoms with Gasteiger partial charge in [-0.25, -0.2) is 4.98 Å². The summed E-state index contributed by atoms with van der Waals surface area (Å²) in [5.41, 5.74) is 4.98. The van der Waals surface area contributed by atoms with Crippen LogP contribution in [0.25, 0.3) is 0 Å². The standard InChI is InChI=1S/C11H18N6O3/c1-15(2)6-7-16(3)9-5-4-8(17(19)20)10(13-9)11(12)14-18/h4-5,18H,6-7H2,1-3H3,(H2,12,14). The molecule has 3 N–H and O–H groups in total. The summed E-state index contributed by atoms with van der Waals surface area (Å²) in [6, 6.07) is 2.82. The molecular weight excluding hydrogens is 264 g/mol. The Labute approximate surface area is 116 Å². The van der Waals surface area contributed by atoms with Crippen LogP contribution in [0.5, 0.6) is 0 Å². The van der Waals surface area contributed by atoms with Crippen molar-refractivity contribution in [2.45, 2.75) is 0 Å². The number of amidine groups is 1. The van der Waals surface area contributed by atoms with Crippen molar-refractivity contribution in [3.63, 3.8) is 0 Å². The summed E-state index contributed by atoms with van der Waals surface area (Å²) >= 11 is 0. The molecule has 0 bridgehead atoms. The van der Waals surface area contributed by atoms with Gasteiger partial charge in [0.2, 0.25) is 0 Å². The molecule has 0 aliphatic heterocycles. The van der Waals surface area contributed by atoms with Crippen molar-refractivity contribution >= 4 is 17.3 Å². The molecule has 9 nitrogen and oxygen atoms in total. The number of nitrogens with zero attached hydrogens (tertiary/aromatic N) is 5. The van der Waals surface area contributed by atoms with Crippen LogP contribution in [-0.4, -0.2) is 60.1 Å². The van der Waals surface area contributed by atoms with Gasteiger partial charge in [-0.05, 0) is 20.2 Å². The second kappa shape index (κ2) is 6.66. The Bertz CT molecular complexity index is 517. The molecular formula is C11H18N6O3.